The van der Waals surface area contributed by atoms with E-state index in [1.165, 1.54) is 13.0 Å². The molecule has 1 aliphatic heterocycles. The predicted molar refractivity (Wildman–Crippen MR) is 115 cm³/mol. The maximum atomic E-state index is 13.4. The fraction of sp³-hybridized carbons (Fsp3) is 0.174. The number of sulfonamides is 1. The van der Waals surface area contributed by atoms with Gasteiger partial charge in [0, 0.05) is 12.2 Å². The monoisotopic (exact) mass is 424 g/mol. The zero-order valence-electron chi connectivity index (χ0n) is 16.4. The molecule has 0 spiro atoms. The molecule has 3 aromatic rings. The summed E-state index contributed by atoms with van der Waals surface area (Å²) in [6.07, 6.45) is 1.74. The number of carbonyl (C=O) groups excluding carboxylic acids is 1. The van der Waals surface area contributed by atoms with Gasteiger partial charge in [-0.25, -0.2) is 12.8 Å². The number of aryl methyl sites for hydroxylation is 2. The molecule has 0 saturated carbocycles. The number of carbonyl (C=O) groups is 1. The number of hydrogen-bond acceptors (Lipinski definition) is 3. The number of hydrogen-bond donors (Lipinski definition) is 1. The summed E-state index contributed by atoms with van der Waals surface area (Å²) in [4.78, 5) is 15.0. The number of benzene rings is 3. The Morgan fingerprint density at radius 1 is 1.03 bits per heavy atom. The molecule has 154 valence electrons. The van der Waals surface area contributed by atoms with E-state index in [1.807, 2.05) is 24.3 Å². The van der Waals surface area contributed by atoms with Crippen LogP contribution in [0.4, 0.5) is 15.8 Å². The molecular formula is C23H21FN2O3S. The smallest absolute Gasteiger partial charge is 0.262 e. The highest BCUT2D eigenvalue weighted by Crippen LogP contribution is 2.30. The highest BCUT2D eigenvalue weighted by molar-refractivity contribution is 7.92. The first-order valence-corrected chi connectivity index (χ1v) is 11.1. The van der Waals surface area contributed by atoms with Crippen LogP contribution in [0, 0.1) is 12.7 Å². The van der Waals surface area contributed by atoms with E-state index in [4.69, 9.17) is 0 Å². The number of rotatable bonds is 4. The zero-order valence-corrected chi connectivity index (χ0v) is 17.2. The number of fused-ring (bicyclic) bond motifs is 1. The number of amides is 1. The normalized spacial score (nSPS) is 13.6. The van der Waals surface area contributed by atoms with Crippen LogP contribution >= 0.6 is 0 Å². The lowest BCUT2D eigenvalue weighted by Crippen LogP contribution is -2.36. The van der Waals surface area contributed by atoms with Gasteiger partial charge in [-0.3, -0.25) is 9.52 Å². The highest BCUT2D eigenvalue weighted by Gasteiger charge is 2.26. The first kappa shape index (κ1) is 20.1. The molecule has 4 rings (SSSR count). The molecule has 0 aromatic heterocycles. The second-order valence-electron chi connectivity index (χ2n) is 7.25. The Bertz CT molecular complexity index is 1220. The van der Waals surface area contributed by atoms with Crippen LogP contribution in [0.2, 0.25) is 0 Å². The quantitative estimate of drug-likeness (QED) is 0.669. The lowest BCUT2D eigenvalue weighted by atomic mass is 10.0. The molecule has 30 heavy (non-hydrogen) atoms. The first-order chi connectivity index (χ1) is 14.4. The Morgan fingerprint density at radius 2 is 1.77 bits per heavy atom. The molecule has 0 unspecified atom stereocenters. The largest absolute Gasteiger partial charge is 0.308 e. The number of anilines is 2. The molecule has 7 heteroatoms. The third kappa shape index (κ3) is 3.80. The van der Waals surface area contributed by atoms with Crippen molar-refractivity contribution < 1.29 is 17.6 Å². The van der Waals surface area contributed by atoms with Gasteiger partial charge in [0.15, 0.2) is 0 Å². The fourth-order valence-electron chi connectivity index (χ4n) is 3.76. The Morgan fingerprint density at radius 3 is 2.57 bits per heavy atom. The van der Waals surface area contributed by atoms with Crippen LogP contribution in [0.25, 0.3) is 0 Å². The van der Waals surface area contributed by atoms with Gasteiger partial charge in [0.25, 0.3) is 15.9 Å². The molecule has 5 nitrogen and oxygen atoms in total. The molecule has 0 bridgehead atoms. The molecule has 1 N–H and O–H groups in total. The van der Waals surface area contributed by atoms with Gasteiger partial charge >= 0.3 is 0 Å². The van der Waals surface area contributed by atoms with Gasteiger partial charge in [0.05, 0.1) is 16.1 Å². The topological polar surface area (TPSA) is 66.5 Å². The molecule has 3 aromatic carbocycles. The third-order valence-electron chi connectivity index (χ3n) is 5.18. The average molecular weight is 424 g/mol. The molecule has 1 aliphatic rings. The van der Waals surface area contributed by atoms with Crippen LogP contribution in [0.15, 0.2) is 71.6 Å². The van der Waals surface area contributed by atoms with Gasteiger partial charge in [0.1, 0.15) is 5.82 Å². The SMILES string of the molecule is Cc1cc(F)ccc1S(=O)(=O)Nc1ccccc1C(=O)N1CCCc2ccccc21. The lowest BCUT2D eigenvalue weighted by Gasteiger charge is -2.30. The predicted octanol–water partition coefficient (Wildman–Crippen LogP) is 4.53. The van der Waals surface area contributed by atoms with Crippen molar-refractivity contribution in [3.8, 4) is 0 Å². The van der Waals surface area contributed by atoms with Gasteiger partial charge in [-0.1, -0.05) is 30.3 Å². The van der Waals surface area contributed by atoms with Crippen molar-refractivity contribution in [1.82, 2.24) is 0 Å². The van der Waals surface area contributed by atoms with Crippen LogP contribution < -0.4 is 9.62 Å². The fourth-order valence-corrected chi connectivity index (χ4v) is 5.07. The average Bonchev–Trinajstić information content (AvgIpc) is 2.72. The van der Waals surface area contributed by atoms with Gasteiger partial charge in [-0.15, -0.1) is 0 Å². The van der Waals surface area contributed by atoms with Crippen LogP contribution in [-0.2, 0) is 16.4 Å². The van der Waals surface area contributed by atoms with Crippen molar-refractivity contribution in [3.05, 3.63) is 89.2 Å². The Hall–Kier alpha value is -3.19. The first-order valence-electron chi connectivity index (χ1n) is 9.64. The molecule has 0 aliphatic carbocycles. The van der Waals surface area contributed by atoms with Gasteiger partial charge in [-0.2, -0.15) is 0 Å². The number of nitrogens with zero attached hydrogens (tertiary/aromatic N) is 1. The van der Waals surface area contributed by atoms with E-state index in [0.29, 0.717) is 6.54 Å². The van der Waals surface area contributed by atoms with Crippen molar-refractivity contribution in [1.29, 1.82) is 0 Å². The number of halogens is 1. The summed E-state index contributed by atoms with van der Waals surface area (Å²) in [6.45, 7) is 2.09. The maximum Gasteiger partial charge on any atom is 0.262 e. The molecule has 0 radical (unpaired) electrons. The Labute approximate surface area is 175 Å². The minimum absolute atomic E-state index is 0.0329. The van der Waals surface area contributed by atoms with Gasteiger partial charge in [-0.05, 0) is 67.3 Å². The van der Waals surface area contributed by atoms with E-state index in [-0.39, 0.29) is 27.6 Å². The molecule has 1 amide bonds. The molecule has 0 atom stereocenters. The van der Waals surface area contributed by atoms with Crippen LogP contribution in [0.5, 0.6) is 0 Å². The number of nitrogens with one attached hydrogen (secondary N) is 1. The minimum Gasteiger partial charge on any atom is -0.308 e. The molecule has 1 heterocycles. The van der Waals surface area contributed by atoms with Crippen LogP contribution in [-0.4, -0.2) is 20.9 Å². The van der Waals surface area contributed by atoms with Crippen molar-refractivity contribution in [2.24, 2.45) is 0 Å². The van der Waals surface area contributed by atoms with Crippen molar-refractivity contribution >= 4 is 27.3 Å². The Kier molecular flexibility index (Phi) is 5.30. The highest BCUT2D eigenvalue weighted by atomic mass is 32.2. The summed E-state index contributed by atoms with van der Waals surface area (Å²) in [5.41, 5.74) is 2.68. The molecule has 0 saturated heterocycles. The van der Waals surface area contributed by atoms with Gasteiger partial charge in [0.2, 0.25) is 0 Å². The van der Waals surface area contributed by atoms with Crippen LogP contribution in [0.3, 0.4) is 0 Å². The third-order valence-corrected chi connectivity index (χ3v) is 6.71. The second-order valence-corrected chi connectivity index (χ2v) is 8.90. The van der Waals surface area contributed by atoms with Crippen molar-refractivity contribution in [2.45, 2.75) is 24.7 Å². The van der Waals surface area contributed by atoms with Crippen molar-refractivity contribution in [3.63, 3.8) is 0 Å². The summed E-state index contributed by atoms with van der Waals surface area (Å²) < 4.78 is 41.8. The molecule has 0 fully saturated rings. The summed E-state index contributed by atoms with van der Waals surface area (Å²) in [6, 6.07) is 17.7. The summed E-state index contributed by atoms with van der Waals surface area (Å²) in [5.74, 6) is -0.776. The van der Waals surface area contributed by atoms with Crippen LogP contribution in [0.1, 0.15) is 27.9 Å². The van der Waals surface area contributed by atoms with E-state index >= 15 is 0 Å². The van der Waals surface area contributed by atoms with E-state index in [2.05, 4.69) is 4.72 Å². The summed E-state index contributed by atoms with van der Waals surface area (Å²) >= 11 is 0. The summed E-state index contributed by atoms with van der Waals surface area (Å²) in [7, 11) is -4.00. The minimum atomic E-state index is -4.00. The van der Waals surface area contributed by atoms with E-state index in [9.17, 15) is 17.6 Å². The summed E-state index contributed by atoms with van der Waals surface area (Å²) in [5, 5.41) is 0. The van der Waals surface area contributed by atoms with Gasteiger partial charge < -0.3 is 4.90 Å². The zero-order chi connectivity index (χ0) is 21.3. The van der Waals surface area contributed by atoms with E-state index in [0.717, 1.165) is 36.2 Å². The van der Waals surface area contributed by atoms with E-state index in [1.54, 1.807) is 29.2 Å². The van der Waals surface area contributed by atoms with E-state index < -0.39 is 15.8 Å². The second kappa shape index (κ2) is 7.91. The standard InChI is InChI=1S/C23H21FN2O3S/c1-16-15-18(24)12-13-22(16)30(28,29)25-20-10-4-3-9-19(20)23(27)26-14-6-8-17-7-2-5-11-21(17)26/h2-5,7,9-13,15,25H,6,8,14H2,1H3. The maximum absolute atomic E-state index is 13.4. The van der Waals surface area contributed by atoms with Crippen molar-refractivity contribution in [2.75, 3.05) is 16.2 Å². The molecular weight excluding hydrogens is 403 g/mol. The number of para-hydroxylation sites is 2. The lowest BCUT2D eigenvalue weighted by molar-refractivity contribution is 0.0986. The Balaban J connectivity index is 1.69.